The molecule has 142 valence electrons. The lowest BCUT2D eigenvalue weighted by Gasteiger charge is -2.20. The number of carbonyl (C=O) groups is 3. The molecule has 1 atom stereocenters. The molecule has 0 aromatic carbocycles. The van der Waals surface area contributed by atoms with E-state index in [9.17, 15) is 14.4 Å². The number of hydrazine groups is 1. The van der Waals surface area contributed by atoms with Crippen LogP contribution in [0.2, 0.25) is 0 Å². The van der Waals surface area contributed by atoms with Gasteiger partial charge in [0.2, 0.25) is 12.3 Å². The SMILES string of the molecule is O=C1CCCC(CCNNC(=O)c2ccc[n+](CC(=O)c3cccs3)c2)C1. The van der Waals surface area contributed by atoms with Gasteiger partial charge in [-0.2, -0.15) is 4.57 Å². The van der Waals surface area contributed by atoms with E-state index in [2.05, 4.69) is 10.9 Å². The number of aromatic nitrogens is 1. The minimum absolute atomic E-state index is 0.0210. The van der Waals surface area contributed by atoms with Gasteiger partial charge in [0, 0.05) is 25.5 Å². The third kappa shape index (κ3) is 5.80. The van der Waals surface area contributed by atoms with Gasteiger partial charge < -0.3 is 0 Å². The number of nitrogens with one attached hydrogen (secondary N) is 2. The van der Waals surface area contributed by atoms with Gasteiger partial charge in [0.05, 0.1) is 4.88 Å². The van der Waals surface area contributed by atoms with Crippen molar-refractivity contribution in [3.05, 3.63) is 52.5 Å². The van der Waals surface area contributed by atoms with Crippen LogP contribution in [0.4, 0.5) is 0 Å². The molecule has 1 aliphatic carbocycles. The monoisotopic (exact) mass is 386 g/mol. The fourth-order valence-corrected chi connectivity index (χ4v) is 3.94. The normalized spacial score (nSPS) is 16.9. The second-order valence-electron chi connectivity index (χ2n) is 6.84. The molecular formula is C20H24N3O3S+. The maximum absolute atomic E-state index is 12.3. The number of pyridine rings is 1. The molecule has 2 heterocycles. The summed E-state index contributed by atoms with van der Waals surface area (Å²) in [6.45, 7) is 0.832. The highest BCUT2D eigenvalue weighted by atomic mass is 32.1. The van der Waals surface area contributed by atoms with Gasteiger partial charge in [-0.1, -0.05) is 6.07 Å². The molecule has 0 bridgehead atoms. The summed E-state index contributed by atoms with van der Waals surface area (Å²) in [4.78, 5) is 36.7. The Hall–Kier alpha value is -2.38. The molecule has 2 N–H and O–H groups in total. The first-order valence-electron chi connectivity index (χ1n) is 9.22. The number of thiophene rings is 1. The van der Waals surface area contributed by atoms with Gasteiger partial charge in [0.1, 0.15) is 11.3 Å². The van der Waals surface area contributed by atoms with E-state index in [0.717, 1.165) is 19.3 Å². The zero-order valence-corrected chi connectivity index (χ0v) is 16.0. The van der Waals surface area contributed by atoms with Crippen LogP contribution in [-0.2, 0) is 11.3 Å². The Morgan fingerprint density at radius 3 is 2.93 bits per heavy atom. The Morgan fingerprint density at radius 1 is 1.26 bits per heavy atom. The summed E-state index contributed by atoms with van der Waals surface area (Å²) in [5.41, 5.74) is 6.11. The lowest BCUT2D eigenvalue weighted by molar-refractivity contribution is -0.683. The highest BCUT2D eigenvalue weighted by molar-refractivity contribution is 7.12. The van der Waals surface area contributed by atoms with E-state index >= 15 is 0 Å². The number of amides is 1. The second-order valence-corrected chi connectivity index (χ2v) is 7.78. The zero-order valence-electron chi connectivity index (χ0n) is 15.1. The van der Waals surface area contributed by atoms with E-state index < -0.39 is 0 Å². The minimum atomic E-state index is -0.243. The number of Topliss-reactive ketones (excluding diaryl/α,β-unsaturated/α-hetero) is 2. The number of nitrogens with zero attached hydrogens (tertiary/aromatic N) is 1. The van der Waals surface area contributed by atoms with E-state index in [1.165, 1.54) is 11.3 Å². The van der Waals surface area contributed by atoms with Crippen LogP contribution in [0.15, 0.2) is 42.0 Å². The van der Waals surface area contributed by atoms with Gasteiger partial charge in [0.15, 0.2) is 12.4 Å². The van der Waals surface area contributed by atoms with E-state index in [-0.39, 0.29) is 18.2 Å². The minimum Gasteiger partial charge on any atom is -0.300 e. The summed E-state index contributed by atoms with van der Waals surface area (Å²) in [5.74, 6) is 0.541. The van der Waals surface area contributed by atoms with E-state index in [1.807, 2.05) is 11.4 Å². The lowest BCUT2D eigenvalue weighted by atomic mass is 9.86. The standard InChI is InChI=1S/C20H23N3O3S/c24-17-6-1-4-15(12-17)8-9-21-22-20(26)16-5-2-10-23(13-16)14-18(25)19-7-3-11-27-19/h2-3,5,7,10-11,13,15,21H,1,4,6,8-9,12,14H2/p+1. The molecule has 1 amide bonds. The zero-order chi connectivity index (χ0) is 19.1. The summed E-state index contributed by atoms with van der Waals surface area (Å²) in [5, 5.41) is 1.87. The molecular weight excluding hydrogens is 362 g/mol. The van der Waals surface area contributed by atoms with Crippen molar-refractivity contribution in [2.24, 2.45) is 5.92 Å². The molecule has 0 saturated heterocycles. The molecule has 7 heteroatoms. The van der Waals surface area contributed by atoms with Crippen molar-refractivity contribution in [2.75, 3.05) is 6.54 Å². The van der Waals surface area contributed by atoms with E-state index in [4.69, 9.17) is 0 Å². The first-order valence-corrected chi connectivity index (χ1v) is 10.1. The van der Waals surface area contributed by atoms with Crippen molar-refractivity contribution in [1.29, 1.82) is 0 Å². The molecule has 2 aromatic rings. The van der Waals surface area contributed by atoms with Gasteiger partial charge in [-0.15, -0.1) is 11.3 Å². The molecule has 6 nitrogen and oxygen atoms in total. The Labute approximate surface area is 162 Å². The topological polar surface area (TPSA) is 79.2 Å². The Bertz CT molecular complexity index is 805. The van der Waals surface area contributed by atoms with Gasteiger partial charge in [0.25, 0.3) is 5.91 Å². The smallest absolute Gasteiger partial charge is 0.271 e. The predicted octanol–water partition coefficient (Wildman–Crippen LogP) is 2.30. The number of ketones is 2. The fraction of sp³-hybridized carbons (Fsp3) is 0.400. The van der Waals surface area contributed by atoms with Crippen molar-refractivity contribution < 1.29 is 19.0 Å². The van der Waals surface area contributed by atoms with Gasteiger partial charge in [-0.05, 0) is 42.7 Å². The second kappa shape index (κ2) is 9.53. The van der Waals surface area contributed by atoms with Gasteiger partial charge in [-0.3, -0.25) is 19.8 Å². The van der Waals surface area contributed by atoms with Crippen molar-refractivity contribution in [2.45, 2.75) is 38.6 Å². The third-order valence-electron chi connectivity index (χ3n) is 4.71. The Kier molecular flexibility index (Phi) is 6.84. The molecule has 3 rings (SSSR count). The number of rotatable bonds is 8. The summed E-state index contributed by atoms with van der Waals surface area (Å²) >= 11 is 1.41. The van der Waals surface area contributed by atoms with Crippen LogP contribution < -0.4 is 15.4 Å². The third-order valence-corrected chi connectivity index (χ3v) is 5.62. The molecule has 0 spiro atoms. The first-order chi connectivity index (χ1) is 13.1. The van der Waals surface area contributed by atoms with Gasteiger partial charge in [-0.25, -0.2) is 5.43 Å². The van der Waals surface area contributed by atoms with Crippen LogP contribution in [0.5, 0.6) is 0 Å². The first kappa shape index (κ1) is 19.4. The van der Waals surface area contributed by atoms with Crippen molar-refractivity contribution in [3.8, 4) is 0 Å². The molecule has 0 aliphatic heterocycles. The molecule has 0 radical (unpaired) electrons. The molecule has 1 fully saturated rings. The molecule has 1 unspecified atom stereocenters. The summed E-state index contributed by atoms with van der Waals surface area (Å²) in [6.07, 6.45) is 7.74. The van der Waals surface area contributed by atoms with E-state index in [0.29, 0.717) is 41.5 Å². The summed E-state index contributed by atoms with van der Waals surface area (Å²) < 4.78 is 1.71. The maximum atomic E-state index is 12.3. The van der Waals surface area contributed by atoms with Crippen LogP contribution in [0.25, 0.3) is 0 Å². The highest BCUT2D eigenvalue weighted by Crippen LogP contribution is 2.23. The Balaban J connectivity index is 1.45. The van der Waals surface area contributed by atoms with Crippen LogP contribution >= 0.6 is 11.3 Å². The van der Waals surface area contributed by atoms with Crippen LogP contribution in [0.1, 0.15) is 52.1 Å². The lowest BCUT2D eigenvalue weighted by Crippen LogP contribution is -2.42. The fourth-order valence-electron chi connectivity index (χ4n) is 3.29. The average molecular weight is 386 g/mol. The van der Waals surface area contributed by atoms with Crippen LogP contribution in [0.3, 0.4) is 0 Å². The van der Waals surface area contributed by atoms with Crippen LogP contribution in [0, 0.1) is 5.92 Å². The Morgan fingerprint density at radius 2 is 2.15 bits per heavy atom. The number of hydrogen-bond donors (Lipinski definition) is 2. The van der Waals surface area contributed by atoms with Gasteiger partial charge >= 0.3 is 0 Å². The van der Waals surface area contributed by atoms with Crippen molar-refractivity contribution in [3.63, 3.8) is 0 Å². The van der Waals surface area contributed by atoms with E-state index in [1.54, 1.807) is 35.2 Å². The van der Waals surface area contributed by atoms with Crippen molar-refractivity contribution >= 4 is 28.8 Å². The van der Waals surface area contributed by atoms with Crippen molar-refractivity contribution in [1.82, 2.24) is 10.9 Å². The summed E-state index contributed by atoms with van der Waals surface area (Å²) in [7, 11) is 0. The molecule has 2 aromatic heterocycles. The molecule has 27 heavy (non-hydrogen) atoms. The number of hydrogen-bond acceptors (Lipinski definition) is 5. The quantitative estimate of drug-likeness (QED) is 0.316. The maximum Gasteiger partial charge on any atom is 0.271 e. The highest BCUT2D eigenvalue weighted by Gasteiger charge is 2.19. The largest absolute Gasteiger partial charge is 0.300 e. The summed E-state index contributed by atoms with van der Waals surface area (Å²) in [6, 6.07) is 7.11. The molecule has 1 aliphatic rings. The predicted molar refractivity (Wildman–Crippen MR) is 102 cm³/mol. The average Bonchev–Trinajstić information content (AvgIpc) is 3.20. The molecule has 1 saturated carbocycles. The van der Waals surface area contributed by atoms with Crippen LogP contribution in [-0.4, -0.2) is 24.0 Å². The number of carbonyl (C=O) groups excluding carboxylic acids is 3.